The highest BCUT2D eigenvalue weighted by Gasteiger charge is 2.21. The maximum Gasteiger partial charge on any atom is 0.322 e. The molecule has 0 aromatic heterocycles. The molecule has 0 bridgehead atoms. The average Bonchev–Trinajstić information content (AvgIpc) is 2.52. The number of aliphatic carboxylic acids is 1. The predicted octanol–water partition coefficient (Wildman–Crippen LogP) is 0.851. The molecule has 0 saturated heterocycles. The van der Waals surface area contributed by atoms with Gasteiger partial charge in [-0.15, -0.1) is 0 Å². The zero-order valence-corrected chi connectivity index (χ0v) is 14.1. The first-order chi connectivity index (χ1) is 10.8. The largest absolute Gasteiger partial charge is 0.480 e. The van der Waals surface area contributed by atoms with Crippen molar-refractivity contribution < 1.29 is 23.1 Å². The second-order valence-electron chi connectivity index (χ2n) is 4.90. The molecule has 2 N–H and O–H groups in total. The van der Waals surface area contributed by atoms with Crippen LogP contribution in [-0.4, -0.2) is 49.3 Å². The normalized spacial score (nSPS) is 11.4. The third-order valence-electron chi connectivity index (χ3n) is 3.34. The highest BCUT2D eigenvalue weighted by Crippen LogP contribution is 2.16. The summed E-state index contributed by atoms with van der Waals surface area (Å²) in [7, 11) is -3.48. The van der Waals surface area contributed by atoms with Crippen molar-refractivity contribution in [3.8, 4) is 0 Å². The van der Waals surface area contributed by atoms with Crippen molar-refractivity contribution in [2.75, 3.05) is 19.6 Å². The van der Waals surface area contributed by atoms with E-state index in [0.29, 0.717) is 19.5 Å². The smallest absolute Gasteiger partial charge is 0.322 e. The minimum absolute atomic E-state index is 0.148. The van der Waals surface area contributed by atoms with Crippen molar-refractivity contribution >= 4 is 21.9 Å². The van der Waals surface area contributed by atoms with E-state index in [0.717, 1.165) is 5.56 Å². The van der Waals surface area contributed by atoms with Crippen molar-refractivity contribution in [1.82, 2.24) is 9.62 Å². The molecular formula is C15H22N2O5S. The number of hydrogen-bond donors (Lipinski definition) is 2. The fraction of sp³-hybridized carbons (Fsp3) is 0.467. The number of carboxylic acids is 1. The van der Waals surface area contributed by atoms with Gasteiger partial charge in [0.25, 0.3) is 0 Å². The minimum atomic E-state index is -3.48. The average molecular weight is 342 g/mol. The number of carbonyl (C=O) groups is 2. The second kappa shape index (κ2) is 8.64. The fourth-order valence-electron chi connectivity index (χ4n) is 2.06. The Kier molecular flexibility index (Phi) is 7.18. The Balaban J connectivity index is 2.67. The molecule has 0 heterocycles. The van der Waals surface area contributed by atoms with Crippen LogP contribution in [-0.2, 0) is 26.0 Å². The van der Waals surface area contributed by atoms with E-state index in [1.165, 1.54) is 16.4 Å². The van der Waals surface area contributed by atoms with E-state index in [9.17, 15) is 18.0 Å². The molecule has 7 nitrogen and oxygen atoms in total. The van der Waals surface area contributed by atoms with E-state index in [1.54, 1.807) is 26.0 Å². The molecule has 1 aromatic carbocycles. The minimum Gasteiger partial charge on any atom is -0.480 e. The second-order valence-corrected chi connectivity index (χ2v) is 6.84. The molecule has 0 atom stereocenters. The Morgan fingerprint density at radius 3 is 2.17 bits per heavy atom. The molecule has 1 aromatic rings. The lowest BCUT2D eigenvalue weighted by molar-refractivity contribution is -0.137. The van der Waals surface area contributed by atoms with Crippen LogP contribution in [0.15, 0.2) is 29.2 Å². The number of hydrogen-bond acceptors (Lipinski definition) is 4. The molecule has 1 rings (SSSR count). The quantitative estimate of drug-likeness (QED) is 0.692. The van der Waals surface area contributed by atoms with E-state index in [4.69, 9.17) is 5.11 Å². The topological polar surface area (TPSA) is 104 Å². The summed E-state index contributed by atoms with van der Waals surface area (Å²) in [6.45, 7) is 3.98. The van der Waals surface area contributed by atoms with Crippen LogP contribution in [0.2, 0.25) is 0 Å². The maximum absolute atomic E-state index is 12.3. The first-order valence-electron chi connectivity index (χ1n) is 7.38. The Hall–Kier alpha value is -1.93. The van der Waals surface area contributed by atoms with E-state index >= 15 is 0 Å². The van der Waals surface area contributed by atoms with Crippen molar-refractivity contribution in [3.63, 3.8) is 0 Å². The molecule has 8 heteroatoms. The van der Waals surface area contributed by atoms with Gasteiger partial charge in [-0.1, -0.05) is 26.0 Å². The predicted molar refractivity (Wildman–Crippen MR) is 85.5 cm³/mol. The van der Waals surface area contributed by atoms with Gasteiger partial charge in [-0.05, 0) is 24.1 Å². The summed E-state index contributed by atoms with van der Waals surface area (Å²) in [6, 6.07) is 6.39. The number of sulfonamides is 1. The number of carbonyl (C=O) groups excluding carboxylic acids is 1. The SMILES string of the molecule is CCN(CC)S(=O)(=O)c1ccc(CCC(=O)NCC(=O)O)cc1. The Labute approximate surface area is 136 Å². The summed E-state index contributed by atoms with van der Waals surface area (Å²) in [5.41, 5.74) is 0.814. The molecule has 0 saturated carbocycles. The Bertz CT molecular complexity index is 636. The molecule has 0 aliphatic rings. The van der Waals surface area contributed by atoms with Gasteiger partial charge in [0.1, 0.15) is 6.54 Å². The van der Waals surface area contributed by atoms with Crippen LogP contribution in [0.25, 0.3) is 0 Å². The Morgan fingerprint density at radius 2 is 1.70 bits per heavy atom. The van der Waals surface area contributed by atoms with Gasteiger partial charge in [-0.2, -0.15) is 4.31 Å². The third-order valence-corrected chi connectivity index (χ3v) is 5.41. The summed E-state index contributed by atoms with van der Waals surface area (Å²) in [6.07, 6.45) is 0.562. The first kappa shape index (κ1) is 19.1. The molecule has 0 radical (unpaired) electrons. The molecule has 1 amide bonds. The molecule has 0 unspecified atom stereocenters. The van der Waals surface area contributed by atoms with Crippen LogP contribution in [0, 0.1) is 0 Å². The molecule has 0 aliphatic carbocycles. The fourth-order valence-corrected chi connectivity index (χ4v) is 3.52. The van der Waals surface area contributed by atoms with Crippen LogP contribution in [0.5, 0.6) is 0 Å². The lowest BCUT2D eigenvalue weighted by Crippen LogP contribution is -2.30. The zero-order valence-electron chi connectivity index (χ0n) is 13.3. The van der Waals surface area contributed by atoms with Gasteiger partial charge in [0.15, 0.2) is 0 Å². The van der Waals surface area contributed by atoms with Gasteiger partial charge in [0, 0.05) is 19.5 Å². The number of amides is 1. The monoisotopic (exact) mass is 342 g/mol. The molecular weight excluding hydrogens is 320 g/mol. The first-order valence-corrected chi connectivity index (χ1v) is 8.82. The Morgan fingerprint density at radius 1 is 1.13 bits per heavy atom. The summed E-state index contributed by atoms with van der Waals surface area (Å²) in [4.78, 5) is 22.0. The van der Waals surface area contributed by atoms with Crippen molar-refractivity contribution in [1.29, 1.82) is 0 Å². The molecule has 0 aliphatic heterocycles. The van der Waals surface area contributed by atoms with Gasteiger partial charge in [0.05, 0.1) is 4.90 Å². The van der Waals surface area contributed by atoms with Crippen molar-refractivity contribution in [3.05, 3.63) is 29.8 Å². The number of benzene rings is 1. The summed E-state index contributed by atoms with van der Waals surface area (Å²) < 4.78 is 26.0. The van der Waals surface area contributed by atoms with Gasteiger partial charge in [0.2, 0.25) is 15.9 Å². The van der Waals surface area contributed by atoms with Crippen LogP contribution in [0.4, 0.5) is 0 Å². The number of aryl methyl sites for hydroxylation is 1. The maximum atomic E-state index is 12.3. The highest BCUT2D eigenvalue weighted by molar-refractivity contribution is 7.89. The van der Waals surface area contributed by atoms with Crippen LogP contribution >= 0.6 is 0 Å². The van der Waals surface area contributed by atoms with Crippen LogP contribution in [0.1, 0.15) is 25.8 Å². The molecule has 23 heavy (non-hydrogen) atoms. The summed E-state index contributed by atoms with van der Waals surface area (Å²) in [5.74, 6) is -1.45. The van der Waals surface area contributed by atoms with Gasteiger partial charge in [-0.3, -0.25) is 9.59 Å². The third kappa shape index (κ3) is 5.65. The number of rotatable bonds is 9. The lowest BCUT2D eigenvalue weighted by Gasteiger charge is -2.18. The molecule has 0 fully saturated rings. The summed E-state index contributed by atoms with van der Waals surface area (Å²) in [5, 5.41) is 10.7. The van der Waals surface area contributed by atoms with Gasteiger partial charge in [-0.25, -0.2) is 8.42 Å². The van der Waals surface area contributed by atoms with Crippen molar-refractivity contribution in [2.24, 2.45) is 0 Å². The number of nitrogens with one attached hydrogen (secondary N) is 1. The highest BCUT2D eigenvalue weighted by atomic mass is 32.2. The number of nitrogens with zero attached hydrogens (tertiary/aromatic N) is 1. The van der Waals surface area contributed by atoms with Crippen LogP contribution < -0.4 is 5.32 Å². The van der Waals surface area contributed by atoms with E-state index in [2.05, 4.69) is 5.32 Å². The molecule has 0 spiro atoms. The number of carboxylic acid groups (broad SMARTS) is 1. The lowest BCUT2D eigenvalue weighted by atomic mass is 10.1. The van der Waals surface area contributed by atoms with E-state index in [1.807, 2.05) is 0 Å². The zero-order chi connectivity index (χ0) is 17.5. The van der Waals surface area contributed by atoms with E-state index < -0.39 is 22.5 Å². The molecule has 128 valence electrons. The van der Waals surface area contributed by atoms with Gasteiger partial charge >= 0.3 is 5.97 Å². The van der Waals surface area contributed by atoms with Gasteiger partial charge < -0.3 is 10.4 Å². The van der Waals surface area contributed by atoms with Crippen LogP contribution in [0.3, 0.4) is 0 Å². The standard InChI is InChI=1S/C15H22N2O5S/c1-3-17(4-2)23(21,22)13-8-5-12(6-9-13)7-10-14(18)16-11-15(19)20/h5-6,8-9H,3-4,7,10-11H2,1-2H3,(H,16,18)(H,19,20). The van der Waals surface area contributed by atoms with E-state index in [-0.39, 0.29) is 17.2 Å². The summed E-state index contributed by atoms with van der Waals surface area (Å²) >= 11 is 0. The van der Waals surface area contributed by atoms with Crippen molar-refractivity contribution in [2.45, 2.75) is 31.6 Å².